The maximum absolute atomic E-state index is 4.41. The van der Waals surface area contributed by atoms with E-state index >= 15 is 0 Å². The van der Waals surface area contributed by atoms with Gasteiger partial charge in [-0.2, -0.15) is 0 Å². The van der Waals surface area contributed by atoms with Crippen LogP contribution in [0.4, 0.5) is 5.82 Å². The number of fused-ring (bicyclic) bond motifs is 4. The number of piperidine rings is 1. The van der Waals surface area contributed by atoms with Crippen molar-refractivity contribution < 1.29 is 0 Å². The molecule has 0 saturated carbocycles. The first-order chi connectivity index (χ1) is 9.90. The summed E-state index contributed by atoms with van der Waals surface area (Å²) in [6.07, 6.45) is 2.47. The van der Waals surface area contributed by atoms with Gasteiger partial charge in [-0.3, -0.25) is 0 Å². The van der Waals surface area contributed by atoms with Gasteiger partial charge in [-0.15, -0.1) is 20.4 Å². The van der Waals surface area contributed by atoms with Crippen molar-refractivity contribution >= 4 is 17.2 Å². The molecule has 0 amide bonds. The highest BCUT2D eigenvalue weighted by molar-refractivity contribution is 7.12. The van der Waals surface area contributed by atoms with Crippen molar-refractivity contribution in [1.82, 2.24) is 25.3 Å². The number of anilines is 1. The summed E-state index contributed by atoms with van der Waals surface area (Å²) >= 11 is 1.49. The monoisotopic (exact) mass is 288 g/mol. The van der Waals surface area contributed by atoms with Gasteiger partial charge in [-0.1, -0.05) is 11.3 Å². The zero-order valence-corrected chi connectivity index (χ0v) is 12.0. The highest BCUT2D eigenvalue weighted by Gasteiger charge is 2.29. The molecule has 2 aromatic rings. The molecule has 0 aromatic carbocycles. The van der Waals surface area contributed by atoms with Gasteiger partial charge >= 0.3 is 0 Å². The highest BCUT2D eigenvalue weighted by atomic mass is 32.1. The summed E-state index contributed by atoms with van der Waals surface area (Å²) in [6.45, 7) is 4.63. The summed E-state index contributed by atoms with van der Waals surface area (Å²) in [6, 6.07) is 4.69. The third kappa shape index (κ3) is 2.16. The minimum absolute atomic E-state index is 0.621. The number of nitrogens with zero attached hydrogens (tertiary/aromatic N) is 6. The van der Waals surface area contributed by atoms with Crippen LogP contribution < -0.4 is 4.90 Å². The minimum Gasteiger partial charge on any atom is -0.351 e. The molecule has 0 atom stereocenters. The number of hydrogen-bond donors (Lipinski definition) is 0. The van der Waals surface area contributed by atoms with Crippen LogP contribution in [0.25, 0.3) is 10.7 Å². The Balaban J connectivity index is 1.59. The molecular formula is C13H16N6S. The predicted molar refractivity (Wildman–Crippen MR) is 77.7 cm³/mol. The van der Waals surface area contributed by atoms with Crippen molar-refractivity contribution in [3.63, 3.8) is 0 Å². The Morgan fingerprint density at radius 1 is 1.00 bits per heavy atom. The third-order valence-electron chi connectivity index (χ3n) is 4.18. The van der Waals surface area contributed by atoms with E-state index in [2.05, 4.69) is 36.3 Å². The van der Waals surface area contributed by atoms with Crippen LogP contribution in [0.3, 0.4) is 0 Å². The Morgan fingerprint density at radius 3 is 2.60 bits per heavy atom. The molecule has 3 aliphatic heterocycles. The smallest absolute Gasteiger partial charge is 0.167 e. The predicted octanol–water partition coefficient (Wildman–Crippen LogP) is 1.28. The van der Waals surface area contributed by atoms with E-state index < -0.39 is 0 Å². The van der Waals surface area contributed by atoms with Gasteiger partial charge in [-0.05, 0) is 25.0 Å². The molecule has 2 bridgehead atoms. The quantitative estimate of drug-likeness (QED) is 0.829. The standard InChI is InChI=1S/C13H16N6S/c1-2-12(16-15-11(1)13-17-14-9-20-13)19-8-7-18-5-3-10(19)4-6-18/h1-2,9-10H,3-8H2. The molecule has 20 heavy (non-hydrogen) atoms. The van der Waals surface area contributed by atoms with E-state index in [1.54, 1.807) is 5.51 Å². The van der Waals surface area contributed by atoms with Crippen LogP contribution in [0.15, 0.2) is 17.6 Å². The Hall–Kier alpha value is -1.60. The molecule has 0 radical (unpaired) electrons. The van der Waals surface area contributed by atoms with Crippen LogP contribution in [-0.2, 0) is 0 Å². The van der Waals surface area contributed by atoms with Gasteiger partial charge in [0.2, 0.25) is 0 Å². The second kappa shape index (κ2) is 5.06. The molecule has 0 N–H and O–H groups in total. The van der Waals surface area contributed by atoms with Gasteiger partial charge in [-0.25, -0.2) is 0 Å². The molecule has 7 heteroatoms. The number of aromatic nitrogens is 4. The third-order valence-corrected chi connectivity index (χ3v) is 4.89. The molecule has 5 heterocycles. The zero-order chi connectivity index (χ0) is 13.4. The molecule has 3 aliphatic rings. The largest absolute Gasteiger partial charge is 0.351 e. The summed E-state index contributed by atoms with van der Waals surface area (Å²) in [4.78, 5) is 4.96. The van der Waals surface area contributed by atoms with Gasteiger partial charge in [0.1, 0.15) is 11.2 Å². The van der Waals surface area contributed by atoms with E-state index in [1.807, 2.05) is 6.07 Å². The summed E-state index contributed by atoms with van der Waals surface area (Å²) in [7, 11) is 0. The lowest BCUT2D eigenvalue weighted by molar-refractivity contribution is 0.250. The Morgan fingerprint density at radius 2 is 1.90 bits per heavy atom. The van der Waals surface area contributed by atoms with Crippen molar-refractivity contribution in [2.75, 3.05) is 31.1 Å². The molecule has 0 aliphatic carbocycles. The molecule has 3 fully saturated rings. The van der Waals surface area contributed by atoms with Crippen molar-refractivity contribution in [3.8, 4) is 10.7 Å². The van der Waals surface area contributed by atoms with E-state index in [4.69, 9.17) is 0 Å². The molecule has 6 nitrogen and oxygen atoms in total. The Labute approximate surface area is 121 Å². The molecular weight excluding hydrogens is 272 g/mol. The lowest BCUT2D eigenvalue weighted by atomic mass is 10.1. The van der Waals surface area contributed by atoms with Crippen molar-refractivity contribution in [2.45, 2.75) is 18.9 Å². The highest BCUT2D eigenvalue weighted by Crippen LogP contribution is 2.26. The fourth-order valence-corrected chi connectivity index (χ4v) is 3.58. The first-order valence-corrected chi connectivity index (χ1v) is 7.87. The van der Waals surface area contributed by atoms with E-state index in [1.165, 1.54) is 37.3 Å². The SMILES string of the molecule is c1nnc(-c2ccc(N3CCN4CCC3CC4)nn2)s1. The molecule has 104 valence electrons. The van der Waals surface area contributed by atoms with Gasteiger partial charge in [0.15, 0.2) is 10.8 Å². The molecule has 5 rings (SSSR count). The maximum Gasteiger partial charge on any atom is 0.167 e. The van der Waals surface area contributed by atoms with Crippen molar-refractivity contribution in [2.24, 2.45) is 0 Å². The van der Waals surface area contributed by atoms with Crippen LogP contribution in [0.1, 0.15) is 12.8 Å². The number of hydrogen-bond acceptors (Lipinski definition) is 7. The lowest BCUT2D eigenvalue weighted by Crippen LogP contribution is -2.38. The molecule has 0 spiro atoms. The normalized spacial score (nSPS) is 25.7. The summed E-state index contributed by atoms with van der Waals surface area (Å²) in [5.41, 5.74) is 2.52. The fraction of sp³-hybridized carbons (Fsp3) is 0.538. The van der Waals surface area contributed by atoms with Gasteiger partial charge in [0.05, 0.1) is 0 Å². The summed E-state index contributed by atoms with van der Waals surface area (Å²) < 4.78 is 0. The molecule has 0 unspecified atom stereocenters. The van der Waals surface area contributed by atoms with E-state index in [9.17, 15) is 0 Å². The Kier molecular flexibility index (Phi) is 3.08. The van der Waals surface area contributed by atoms with Gasteiger partial charge in [0.25, 0.3) is 0 Å². The van der Waals surface area contributed by atoms with Crippen LogP contribution >= 0.6 is 11.3 Å². The zero-order valence-electron chi connectivity index (χ0n) is 11.1. The fourth-order valence-electron chi connectivity index (χ4n) is 3.07. The van der Waals surface area contributed by atoms with Crippen LogP contribution in [0.5, 0.6) is 0 Å². The topological polar surface area (TPSA) is 58.0 Å². The Bertz CT molecular complexity index is 561. The van der Waals surface area contributed by atoms with Crippen LogP contribution in [-0.4, -0.2) is 57.5 Å². The molecule has 3 saturated heterocycles. The van der Waals surface area contributed by atoms with Crippen molar-refractivity contribution in [1.29, 1.82) is 0 Å². The average Bonchev–Trinajstić information content (AvgIpc) is 2.88. The lowest BCUT2D eigenvalue weighted by Gasteiger charge is -2.31. The van der Waals surface area contributed by atoms with Crippen LogP contribution in [0.2, 0.25) is 0 Å². The second-order valence-electron chi connectivity index (χ2n) is 5.29. The minimum atomic E-state index is 0.621. The molecule has 2 aromatic heterocycles. The van der Waals surface area contributed by atoms with E-state index in [0.29, 0.717) is 6.04 Å². The summed E-state index contributed by atoms with van der Waals surface area (Å²) in [5, 5.41) is 17.4. The first kappa shape index (κ1) is 12.2. The van der Waals surface area contributed by atoms with E-state index in [-0.39, 0.29) is 0 Å². The average molecular weight is 288 g/mol. The number of rotatable bonds is 2. The van der Waals surface area contributed by atoms with Gasteiger partial charge in [0, 0.05) is 32.2 Å². The first-order valence-electron chi connectivity index (χ1n) is 6.99. The van der Waals surface area contributed by atoms with E-state index in [0.717, 1.165) is 29.6 Å². The van der Waals surface area contributed by atoms with Gasteiger partial charge < -0.3 is 9.80 Å². The van der Waals surface area contributed by atoms with Crippen LogP contribution in [0, 0.1) is 0 Å². The second-order valence-corrected chi connectivity index (χ2v) is 6.12. The maximum atomic E-state index is 4.41. The van der Waals surface area contributed by atoms with Crippen molar-refractivity contribution in [3.05, 3.63) is 17.6 Å². The summed E-state index contributed by atoms with van der Waals surface area (Å²) in [5.74, 6) is 0.993.